The second-order valence-electron chi connectivity index (χ2n) is 5.42. The van der Waals surface area contributed by atoms with Crippen LogP contribution < -0.4 is 10.6 Å². The molecule has 0 saturated carbocycles. The molecular formula is C12H23N3O. The number of likely N-dealkylation sites (tertiary alicyclic amines) is 1. The highest BCUT2D eigenvalue weighted by molar-refractivity contribution is 5.82. The van der Waals surface area contributed by atoms with Crippen LogP contribution in [0.5, 0.6) is 0 Å². The summed E-state index contributed by atoms with van der Waals surface area (Å²) in [5, 5.41) is 6.29. The molecular weight excluding hydrogens is 202 g/mol. The van der Waals surface area contributed by atoms with E-state index in [9.17, 15) is 4.79 Å². The molecule has 1 amide bonds. The molecule has 0 spiro atoms. The highest BCUT2D eigenvalue weighted by Crippen LogP contribution is 2.30. The van der Waals surface area contributed by atoms with Crippen molar-refractivity contribution >= 4 is 5.91 Å². The Kier molecular flexibility index (Phi) is 3.50. The second-order valence-corrected chi connectivity index (χ2v) is 5.42. The first-order valence-corrected chi connectivity index (χ1v) is 6.32. The fraction of sp³-hybridized carbons (Fsp3) is 0.917. The first-order valence-electron chi connectivity index (χ1n) is 6.32. The molecule has 2 N–H and O–H groups in total. The van der Waals surface area contributed by atoms with Crippen molar-refractivity contribution < 1.29 is 4.79 Å². The van der Waals surface area contributed by atoms with Crippen molar-refractivity contribution in [1.29, 1.82) is 0 Å². The van der Waals surface area contributed by atoms with Crippen molar-refractivity contribution in [2.24, 2.45) is 5.41 Å². The summed E-state index contributed by atoms with van der Waals surface area (Å²) in [6, 6.07) is 0.645. The molecule has 2 rings (SSSR count). The predicted molar refractivity (Wildman–Crippen MR) is 64.3 cm³/mol. The van der Waals surface area contributed by atoms with Crippen LogP contribution in [0.3, 0.4) is 0 Å². The van der Waals surface area contributed by atoms with Crippen LogP contribution in [-0.2, 0) is 4.79 Å². The molecule has 4 heteroatoms. The minimum absolute atomic E-state index is 0.173. The molecule has 2 saturated heterocycles. The number of hydrogen-bond donors (Lipinski definition) is 2. The number of nitrogens with one attached hydrogen (secondary N) is 2. The lowest BCUT2D eigenvalue weighted by Crippen LogP contribution is -2.41. The van der Waals surface area contributed by atoms with Crippen molar-refractivity contribution in [3.8, 4) is 0 Å². The van der Waals surface area contributed by atoms with Crippen LogP contribution in [-0.4, -0.2) is 50.1 Å². The smallest absolute Gasteiger partial charge is 0.227 e. The monoisotopic (exact) mass is 225 g/mol. The maximum Gasteiger partial charge on any atom is 0.227 e. The molecule has 0 aromatic heterocycles. The van der Waals surface area contributed by atoms with Gasteiger partial charge in [0.05, 0.1) is 5.41 Å². The molecule has 2 aliphatic heterocycles. The van der Waals surface area contributed by atoms with E-state index < -0.39 is 0 Å². The average Bonchev–Trinajstić information content (AvgIpc) is 2.89. The fourth-order valence-electron chi connectivity index (χ4n) is 2.92. The minimum Gasteiger partial charge on any atom is -0.359 e. The molecule has 16 heavy (non-hydrogen) atoms. The molecule has 0 radical (unpaired) electrons. The quantitative estimate of drug-likeness (QED) is 0.721. The molecule has 0 aliphatic carbocycles. The summed E-state index contributed by atoms with van der Waals surface area (Å²) in [4.78, 5) is 14.2. The number of nitrogens with zero attached hydrogens (tertiary/aromatic N) is 1. The summed E-state index contributed by atoms with van der Waals surface area (Å²) >= 11 is 0. The van der Waals surface area contributed by atoms with E-state index in [0.29, 0.717) is 6.04 Å². The van der Waals surface area contributed by atoms with Crippen LogP contribution in [0.2, 0.25) is 0 Å². The number of hydrogen-bond acceptors (Lipinski definition) is 3. The molecule has 2 atom stereocenters. The topological polar surface area (TPSA) is 44.4 Å². The third kappa shape index (κ3) is 2.38. The first kappa shape index (κ1) is 11.9. The highest BCUT2D eigenvalue weighted by atomic mass is 16.2. The van der Waals surface area contributed by atoms with Gasteiger partial charge in [0.2, 0.25) is 5.91 Å². The normalized spacial score (nSPS) is 35.5. The van der Waals surface area contributed by atoms with E-state index in [1.807, 2.05) is 0 Å². The van der Waals surface area contributed by atoms with Crippen LogP contribution in [0.15, 0.2) is 0 Å². The lowest BCUT2D eigenvalue weighted by Gasteiger charge is -2.24. The Morgan fingerprint density at radius 3 is 3.06 bits per heavy atom. The zero-order valence-electron chi connectivity index (χ0n) is 10.4. The van der Waals surface area contributed by atoms with Crippen LogP contribution >= 0.6 is 0 Å². The standard InChI is InChI=1S/C12H23N3O/c1-12(11(16)13-2)5-7-15(9-12)8-10-4-3-6-14-10/h10,14H,3-9H2,1-2H3,(H,13,16)/t10-,12?/m0/s1. The predicted octanol–water partition coefficient (Wildman–Crippen LogP) is 0.196. The Labute approximate surface area is 97.8 Å². The second kappa shape index (κ2) is 4.72. The van der Waals surface area contributed by atoms with Gasteiger partial charge in [0.25, 0.3) is 0 Å². The summed E-state index contributed by atoms with van der Waals surface area (Å²) in [5.74, 6) is 0.189. The summed E-state index contributed by atoms with van der Waals surface area (Å²) in [6.07, 6.45) is 3.57. The molecule has 4 nitrogen and oxygen atoms in total. The SMILES string of the molecule is CNC(=O)C1(C)CCN(C[C@@H]2CCCN2)C1. The van der Waals surface area contributed by atoms with Gasteiger partial charge in [-0.05, 0) is 39.3 Å². The van der Waals surface area contributed by atoms with E-state index >= 15 is 0 Å². The van der Waals surface area contributed by atoms with E-state index in [0.717, 1.165) is 32.6 Å². The highest BCUT2D eigenvalue weighted by Gasteiger charge is 2.40. The third-order valence-corrected chi connectivity index (χ3v) is 3.97. The largest absolute Gasteiger partial charge is 0.359 e. The molecule has 2 aliphatic rings. The van der Waals surface area contributed by atoms with Crippen molar-refractivity contribution in [2.75, 3.05) is 33.2 Å². The Morgan fingerprint density at radius 2 is 2.44 bits per heavy atom. The minimum atomic E-state index is -0.173. The van der Waals surface area contributed by atoms with E-state index in [1.54, 1.807) is 7.05 Å². The van der Waals surface area contributed by atoms with Gasteiger partial charge >= 0.3 is 0 Å². The van der Waals surface area contributed by atoms with Crippen LogP contribution in [0.25, 0.3) is 0 Å². The van der Waals surface area contributed by atoms with Crippen LogP contribution in [0.1, 0.15) is 26.2 Å². The van der Waals surface area contributed by atoms with Gasteiger partial charge < -0.3 is 15.5 Å². The van der Waals surface area contributed by atoms with Gasteiger partial charge in [0.1, 0.15) is 0 Å². The molecule has 1 unspecified atom stereocenters. The van der Waals surface area contributed by atoms with Gasteiger partial charge in [-0.2, -0.15) is 0 Å². The molecule has 2 heterocycles. The van der Waals surface area contributed by atoms with Crippen molar-refractivity contribution in [1.82, 2.24) is 15.5 Å². The van der Waals surface area contributed by atoms with Crippen molar-refractivity contribution in [3.63, 3.8) is 0 Å². The lowest BCUT2D eigenvalue weighted by molar-refractivity contribution is -0.129. The molecule has 2 fully saturated rings. The van der Waals surface area contributed by atoms with Gasteiger partial charge in [0, 0.05) is 26.2 Å². The van der Waals surface area contributed by atoms with Crippen molar-refractivity contribution in [3.05, 3.63) is 0 Å². The van der Waals surface area contributed by atoms with Crippen LogP contribution in [0.4, 0.5) is 0 Å². The van der Waals surface area contributed by atoms with E-state index in [1.165, 1.54) is 12.8 Å². The van der Waals surface area contributed by atoms with Gasteiger partial charge in [-0.25, -0.2) is 0 Å². The first-order chi connectivity index (χ1) is 7.64. The average molecular weight is 225 g/mol. The number of carbonyl (C=O) groups is 1. The molecule has 0 bridgehead atoms. The Morgan fingerprint density at radius 1 is 1.62 bits per heavy atom. The maximum absolute atomic E-state index is 11.8. The Bertz CT molecular complexity index is 263. The number of carbonyl (C=O) groups excluding carboxylic acids is 1. The molecule has 0 aromatic rings. The fourth-order valence-corrected chi connectivity index (χ4v) is 2.92. The third-order valence-electron chi connectivity index (χ3n) is 3.97. The molecule has 0 aromatic carbocycles. The summed E-state index contributed by atoms with van der Waals surface area (Å²) in [6.45, 7) is 6.30. The maximum atomic E-state index is 11.8. The number of rotatable bonds is 3. The summed E-state index contributed by atoms with van der Waals surface area (Å²) in [5.41, 5.74) is -0.173. The van der Waals surface area contributed by atoms with Gasteiger partial charge in [0.15, 0.2) is 0 Å². The van der Waals surface area contributed by atoms with E-state index in [2.05, 4.69) is 22.5 Å². The zero-order valence-corrected chi connectivity index (χ0v) is 10.4. The molecule has 92 valence electrons. The van der Waals surface area contributed by atoms with Gasteiger partial charge in [-0.15, -0.1) is 0 Å². The van der Waals surface area contributed by atoms with E-state index in [4.69, 9.17) is 0 Å². The number of amides is 1. The zero-order chi connectivity index (χ0) is 11.6. The lowest BCUT2D eigenvalue weighted by atomic mass is 9.89. The van der Waals surface area contributed by atoms with Crippen molar-refractivity contribution in [2.45, 2.75) is 32.2 Å². The van der Waals surface area contributed by atoms with E-state index in [-0.39, 0.29) is 11.3 Å². The summed E-state index contributed by atoms with van der Waals surface area (Å²) < 4.78 is 0. The Balaban J connectivity index is 1.84. The van der Waals surface area contributed by atoms with Gasteiger partial charge in [-0.1, -0.05) is 0 Å². The summed E-state index contributed by atoms with van der Waals surface area (Å²) in [7, 11) is 1.73. The Hall–Kier alpha value is -0.610. The van der Waals surface area contributed by atoms with Gasteiger partial charge in [-0.3, -0.25) is 4.79 Å². The van der Waals surface area contributed by atoms with Crippen LogP contribution in [0, 0.1) is 5.41 Å².